The van der Waals surface area contributed by atoms with Gasteiger partial charge in [0.15, 0.2) is 0 Å². The normalized spacial score (nSPS) is 14.0. The monoisotopic (exact) mass is 216 g/mol. The average Bonchev–Trinajstić information content (AvgIpc) is 2.65. The number of anilines is 1. The summed E-state index contributed by atoms with van der Waals surface area (Å²) in [5.41, 5.74) is 2.70. The summed E-state index contributed by atoms with van der Waals surface area (Å²) in [7, 11) is 0. The second kappa shape index (κ2) is 3.85. The molecule has 1 atom stereocenters. The average molecular weight is 216 g/mol. The highest BCUT2D eigenvalue weighted by atomic mass is 15.0. The van der Waals surface area contributed by atoms with E-state index in [2.05, 4.69) is 74.1 Å². The third-order valence-corrected chi connectivity index (χ3v) is 3.24. The highest BCUT2D eigenvalue weighted by molar-refractivity contribution is 5.72. The molecule has 2 aromatic rings. The van der Waals surface area contributed by atoms with Crippen LogP contribution in [0.3, 0.4) is 0 Å². The molecule has 1 N–H and O–H groups in total. The van der Waals surface area contributed by atoms with Crippen LogP contribution >= 0.6 is 0 Å². The molecule has 16 heavy (non-hydrogen) atoms. The molecule has 0 aliphatic rings. The summed E-state index contributed by atoms with van der Waals surface area (Å²) in [4.78, 5) is 0. The quantitative estimate of drug-likeness (QED) is 0.808. The van der Waals surface area contributed by atoms with Gasteiger partial charge in [-0.25, -0.2) is 0 Å². The Morgan fingerprint density at radius 1 is 1.12 bits per heavy atom. The van der Waals surface area contributed by atoms with Gasteiger partial charge in [-0.15, -0.1) is 0 Å². The van der Waals surface area contributed by atoms with E-state index < -0.39 is 0 Å². The Morgan fingerprint density at radius 2 is 1.75 bits per heavy atom. The van der Waals surface area contributed by atoms with Gasteiger partial charge in [-0.05, 0) is 36.6 Å². The van der Waals surface area contributed by atoms with Crippen molar-refractivity contribution in [2.45, 2.75) is 33.7 Å². The SMILES string of the molecule is C[C@H](Nc1cccn2cccc12)C(C)(C)C. The van der Waals surface area contributed by atoms with Crippen LogP contribution in [0.1, 0.15) is 27.7 Å². The second-order valence-electron chi connectivity index (χ2n) is 5.45. The van der Waals surface area contributed by atoms with E-state index in [0.717, 1.165) is 0 Å². The largest absolute Gasteiger partial charge is 0.380 e. The molecular weight excluding hydrogens is 196 g/mol. The van der Waals surface area contributed by atoms with Gasteiger partial charge in [0.25, 0.3) is 0 Å². The van der Waals surface area contributed by atoms with E-state index in [-0.39, 0.29) is 5.41 Å². The number of hydrogen-bond donors (Lipinski definition) is 1. The van der Waals surface area contributed by atoms with Gasteiger partial charge < -0.3 is 9.72 Å². The number of aromatic nitrogens is 1. The van der Waals surface area contributed by atoms with Gasteiger partial charge in [0.05, 0.1) is 11.2 Å². The lowest BCUT2D eigenvalue weighted by Crippen LogP contribution is -2.30. The van der Waals surface area contributed by atoms with Crippen LogP contribution in [0.15, 0.2) is 36.7 Å². The molecule has 0 saturated heterocycles. The van der Waals surface area contributed by atoms with Gasteiger partial charge in [0.2, 0.25) is 0 Å². The number of rotatable bonds is 2. The molecule has 0 aliphatic heterocycles. The topological polar surface area (TPSA) is 16.4 Å². The van der Waals surface area contributed by atoms with Gasteiger partial charge in [-0.3, -0.25) is 0 Å². The summed E-state index contributed by atoms with van der Waals surface area (Å²) in [5.74, 6) is 0. The molecule has 0 spiro atoms. The van der Waals surface area contributed by atoms with Gasteiger partial charge in [-0.1, -0.05) is 20.8 Å². The smallest absolute Gasteiger partial charge is 0.0683 e. The first kappa shape index (κ1) is 11.1. The molecule has 2 rings (SSSR count). The Bertz CT molecular complexity index is 477. The van der Waals surface area contributed by atoms with E-state index in [1.807, 2.05) is 0 Å². The lowest BCUT2D eigenvalue weighted by molar-refractivity contribution is 0.359. The van der Waals surface area contributed by atoms with Crippen LogP contribution in [-0.2, 0) is 0 Å². The van der Waals surface area contributed by atoms with Crippen molar-refractivity contribution >= 4 is 11.2 Å². The van der Waals surface area contributed by atoms with Crippen molar-refractivity contribution < 1.29 is 0 Å². The highest BCUT2D eigenvalue weighted by Crippen LogP contribution is 2.25. The molecular formula is C14H20N2. The molecule has 0 aromatic carbocycles. The third kappa shape index (κ3) is 2.06. The van der Waals surface area contributed by atoms with Crippen LogP contribution in [0.2, 0.25) is 0 Å². The summed E-state index contributed by atoms with van der Waals surface area (Å²) in [6.45, 7) is 8.99. The lowest BCUT2D eigenvalue weighted by atomic mass is 9.88. The molecule has 2 nitrogen and oxygen atoms in total. The summed E-state index contributed by atoms with van der Waals surface area (Å²) in [5, 5.41) is 3.59. The van der Waals surface area contributed by atoms with E-state index >= 15 is 0 Å². The Labute approximate surface area is 97.3 Å². The standard InChI is InChI=1S/C14H20N2/c1-11(14(2,3)4)15-12-7-5-9-16-10-6-8-13(12)16/h5-11,15H,1-4H3/t11-/m0/s1. The molecule has 0 bridgehead atoms. The highest BCUT2D eigenvalue weighted by Gasteiger charge is 2.20. The summed E-state index contributed by atoms with van der Waals surface area (Å²) in [6.07, 6.45) is 4.14. The maximum absolute atomic E-state index is 3.59. The number of pyridine rings is 1. The molecule has 0 amide bonds. The van der Waals surface area contributed by atoms with E-state index in [4.69, 9.17) is 0 Å². The first-order chi connectivity index (χ1) is 7.48. The Kier molecular flexibility index (Phi) is 2.66. The predicted octanol–water partition coefficient (Wildman–Crippen LogP) is 3.79. The van der Waals surface area contributed by atoms with Gasteiger partial charge in [0.1, 0.15) is 0 Å². The fourth-order valence-electron chi connectivity index (χ4n) is 1.64. The van der Waals surface area contributed by atoms with Crippen LogP contribution in [0.5, 0.6) is 0 Å². The van der Waals surface area contributed by atoms with Crippen LogP contribution in [0, 0.1) is 5.41 Å². The molecule has 2 heteroatoms. The summed E-state index contributed by atoms with van der Waals surface area (Å²) >= 11 is 0. The van der Waals surface area contributed by atoms with Crippen molar-refractivity contribution in [2.75, 3.05) is 5.32 Å². The molecule has 0 unspecified atom stereocenters. The predicted molar refractivity (Wildman–Crippen MR) is 69.9 cm³/mol. The molecule has 2 heterocycles. The lowest BCUT2D eigenvalue weighted by Gasteiger charge is -2.29. The van der Waals surface area contributed by atoms with Crippen molar-refractivity contribution in [1.29, 1.82) is 0 Å². The number of fused-ring (bicyclic) bond motifs is 1. The van der Waals surface area contributed by atoms with E-state index in [1.165, 1.54) is 11.2 Å². The van der Waals surface area contributed by atoms with Gasteiger partial charge in [0, 0.05) is 18.4 Å². The maximum Gasteiger partial charge on any atom is 0.0683 e. The van der Waals surface area contributed by atoms with Gasteiger partial charge >= 0.3 is 0 Å². The third-order valence-electron chi connectivity index (χ3n) is 3.24. The molecule has 86 valence electrons. The fraction of sp³-hybridized carbons (Fsp3) is 0.429. The van der Waals surface area contributed by atoms with Crippen molar-refractivity contribution in [3.05, 3.63) is 36.7 Å². The Morgan fingerprint density at radius 3 is 2.38 bits per heavy atom. The Hall–Kier alpha value is -1.44. The van der Waals surface area contributed by atoms with Crippen molar-refractivity contribution in [1.82, 2.24) is 4.40 Å². The fourth-order valence-corrected chi connectivity index (χ4v) is 1.64. The van der Waals surface area contributed by atoms with E-state index in [0.29, 0.717) is 6.04 Å². The van der Waals surface area contributed by atoms with Crippen LogP contribution in [0.25, 0.3) is 5.52 Å². The molecule has 0 radical (unpaired) electrons. The van der Waals surface area contributed by atoms with Gasteiger partial charge in [-0.2, -0.15) is 0 Å². The minimum absolute atomic E-state index is 0.263. The van der Waals surface area contributed by atoms with Crippen molar-refractivity contribution in [2.24, 2.45) is 5.41 Å². The minimum atomic E-state index is 0.263. The maximum atomic E-state index is 3.59. The molecule has 0 fully saturated rings. The summed E-state index contributed by atoms with van der Waals surface area (Å²) < 4.78 is 2.14. The molecule has 0 aliphatic carbocycles. The number of nitrogens with zero attached hydrogens (tertiary/aromatic N) is 1. The van der Waals surface area contributed by atoms with Crippen molar-refractivity contribution in [3.8, 4) is 0 Å². The Balaban J connectivity index is 2.31. The van der Waals surface area contributed by atoms with E-state index in [9.17, 15) is 0 Å². The molecule has 2 aromatic heterocycles. The van der Waals surface area contributed by atoms with Crippen LogP contribution in [0.4, 0.5) is 5.69 Å². The minimum Gasteiger partial charge on any atom is -0.380 e. The molecule has 0 saturated carbocycles. The number of nitrogens with one attached hydrogen (secondary N) is 1. The van der Waals surface area contributed by atoms with E-state index in [1.54, 1.807) is 0 Å². The summed E-state index contributed by atoms with van der Waals surface area (Å²) in [6, 6.07) is 8.86. The first-order valence-electron chi connectivity index (χ1n) is 5.81. The first-order valence-corrected chi connectivity index (χ1v) is 5.81. The van der Waals surface area contributed by atoms with Crippen molar-refractivity contribution in [3.63, 3.8) is 0 Å². The zero-order valence-electron chi connectivity index (χ0n) is 10.5. The van der Waals surface area contributed by atoms with Crippen LogP contribution < -0.4 is 5.32 Å². The number of hydrogen-bond acceptors (Lipinski definition) is 1. The zero-order chi connectivity index (χ0) is 11.8. The zero-order valence-corrected chi connectivity index (χ0v) is 10.5. The van der Waals surface area contributed by atoms with Crippen LogP contribution in [-0.4, -0.2) is 10.4 Å². The second-order valence-corrected chi connectivity index (χ2v) is 5.45.